The number of halogens is 3. The van der Waals surface area contributed by atoms with Crippen LogP contribution in [0.1, 0.15) is 18.1 Å². The predicted molar refractivity (Wildman–Crippen MR) is 156 cm³/mol. The van der Waals surface area contributed by atoms with E-state index in [2.05, 4.69) is 11.9 Å². The third-order valence-corrected chi connectivity index (χ3v) is 7.91. The summed E-state index contributed by atoms with van der Waals surface area (Å²) < 4.78 is 37.3. The summed E-state index contributed by atoms with van der Waals surface area (Å²) in [5.74, 6) is -1.88. The van der Waals surface area contributed by atoms with Gasteiger partial charge in [0, 0.05) is 10.6 Å². The highest BCUT2D eigenvalue weighted by molar-refractivity contribution is 7.87. The molecule has 1 saturated heterocycles. The summed E-state index contributed by atoms with van der Waals surface area (Å²) in [6.07, 6.45) is 2.92. The van der Waals surface area contributed by atoms with Gasteiger partial charge in [-0.05, 0) is 79.6 Å². The van der Waals surface area contributed by atoms with E-state index < -0.39 is 28.0 Å². The Morgan fingerprint density at radius 1 is 0.976 bits per heavy atom. The van der Waals surface area contributed by atoms with Gasteiger partial charge in [-0.15, -0.1) is 6.58 Å². The number of carbonyl (C=O) groups is 3. The topological polar surface area (TPSA) is 119 Å². The van der Waals surface area contributed by atoms with Gasteiger partial charge in [-0.25, -0.2) is 9.69 Å². The van der Waals surface area contributed by atoms with Crippen LogP contribution in [-0.4, -0.2) is 32.9 Å². The number of carbonyl (C=O) groups excluding carboxylic acids is 3. The van der Waals surface area contributed by atoms with Gasteiger partial charge >= 0.3 is 16.1 Å². The number of anilines is 1. The molecule has 0 atom stereocenters. The molecular weight excluding hydrogens is 615 g/mol. The third kappa shape index (κ3) is 6.57. The van der Waals surface area contributed by atoms with E-state index in [1.807, 2.05) is 0 Å². The zero-order chi connectivity index (χ0) is 29.9. The van der Waals surface area contributed by atoms with Crippen LogP contribution in [0, 0.1) is 0 Å². The SMILES string of the molecule is C=CCc1cc(/C=C2\C(=O)NC(=O)N(c3ccc(Cl)c(Cl)c3)C2=O)cc(OCC)c1OS(=O)(=O)c1ccc(Cl)cc1. The number of ether oxygens (including phenoxy) is 1. The predicted octanol–water partition coefficient (Wildman–Crippen LogP) is 6.21. The molecule has 0 unspecified atom stereocenters. The molecule has 0 spiro atoms. The average molecular weight is 636 g/mol. The fraction of sp³-hybridized carbons (Fsp3) is 0.107. The number of allylic oxidation sites excluding steroid dienone is 1. The van der Waals surface area contributed by atoms with E-state index in [1.165, 1.54) is 66.7 Å². The van der Waals surface area contributed by atoms with Crippen molar-refractivity contribution in [2.24, 2.45) is 0 Å². The van der Waals surface area contributed by atoms with E-state index >= 15 is 0 Å². The maximum Gasteiger partial charge on any atom is 0.339 e. The Kier molecular flexibility index (Phi) is 9.08. The maximum atomic E-state index is 13.3. The molecule has 1 aliphatic rings. The van der Waals surface area contributed by atoms with Crippen LogP contribution in [0.5, 0.6) is 11.5 Å². The number of rotatable bonds is 9. The lowest BCUT2D eigenvalue weighted by atomic mass is 10.0. The van der Waals surface area contributed by atoms with Gasteiger partial charge < -0.3 is 8.92 Å². The number of amides is 4. The van der Waals surface area contributed by atoms with Gasteiger partial charge in [-0.2, -0.15) is 8.42 Å². The summed E-state index contributed by atoms with van der Waals surface area (Å²) in [5, 5.41) is 2.80. The molecule has 41 heavy (non-hydrogen) atoms. The van der Waals surface area contributed by atoms with E-state index in [0.717, 1.165) is 4.90 Å². The Morgan fingerprint density at radius 2 is 1.68 bits per heavy atom. The Balaban J connectivity index is 1.78. The number of benzene rings is 3. The van der Waals surface area contributed by atoms with Gasteiger partial charge in [0.15, 0.2) is 11.5 Å². The largest absolute Gasteiger partial charge is 0.490 e. The number of barbiturate groups is 1. The summed E-state index contributed by atoms with van der Waals surface area (Å²) >= 11 is 17.9. The van der Waals surface area contributed by atoms with Crippen molar-refractivity contribution in [3.8, 4) is 11.5 Å². The number of urea groups is 1. The van der Waals surface area contributed by atoms with Crippen molar-refractivity contribution in [1.29, 1.82) is 0 Å². The minimum Gasteiger partial charge on any atom is -0.490 e. The van der Waals surface area contributed by atoms with Gasteiger partial charge in [0.05, 0.1) is 22.3 Å². The van der Waals surface area contributed by atoms with Crippen LogP contribution in [0.15, 0.2) is 77.7 Å². The van der Waals surface area contributed by atoms with Gasteiger partial charge in [0.25, 0.3) is 11.8 Å². The zero-order valence-electron chi connectivity index (χ0n) is 21.3. The number of imide groups is 2. The first-order chi connectivity index (χ1) is 19.4. The van der Waals surface area contributed by atoms with Crippen molar-refractivity contribution in [3.05, 3.63) is 99.0 Å². The molecular formula is C28H21Cl3N2O7S. The summed E-state index contributed by atoms with van der Waals surface area (Å²) in [4.78, 5) is 39.2. The smallest absolute Gasteiger partial charge is 0.339 e. The highest BCUT2D eigenvalue weighted by atomic mass is 35.5. The summed E-state index contributed by atoms with van der Waals surface area (Å²) in [6.45, 7) is 5.55. The summed E-state index contributed by atoms with van der Waals surface area (Å²) in [5.41, 5.74) is 0.365. The van der Waals surface area contributed by atoms with Crippen LogP contribution in [0.25, 0.3) is 6.08 Å². The highest BCUT2D eigenvalue weighted by Crippen LogP contribution is 2.37. The second-order valence-corrected chi connectivity index (χ2v) is 11.3. The molecule has 1 heterocycles. The molecule has 1 fully saturated rings. The van der Waals surface area contributed by atoms with E-state index in [0.29, 0.717) is 16.1 Å². The Hall–Kier alpha value is -3.83. The molecule has 13 heteroatoms. The van der Waals surface area contributed by atoms with Crippen LogP contribution in [-0.2, 0) is 26.1 Å². The molecule has 1 N–H and O–H groups in total. The van der Waals surface area contributed by atoms with Crippen molar-refractivity contribution in [1.82, 2.24) is 5.32 Å². The monoisotopic (exact) mass is 634 g/mol. The van der Waals surface area contributed by atoms with Crippen LogP contribution < -0.4 is 19.1 Å². The van der Waals surface area contributed by atoms with E-state index in [1.54, 1.807) is 6.92 Å². The van der Waals surface area contributed by atoms with Crippen molar-refractivity contribution in [2.45, 2.75) is 18.2 Å². The average Bonchev–Trinajstić information content (AvgIpc) is 2.91. The summed E-state index contributed by atoms with van der Waals surface area (Å²) in [7, 11) is -4.29. The second-order valence-electron chi connectivity index (χ2n) is 8.48. The lowest BCUT2D eigenvalue weighted by molar-refractivity contribution is -0.122. The molecule has 212 valence electrons. The Bertz CT molecular complexity index is 1700. The molecule has 0 bridgehead atoms. The van der Waals surface area contributed by atoms with Crippen molar-refractivity contribution in [3.63, 3.8) is 0 Å². The lowest BCUT2D eigenvalue weighted by Gasteiger charge is -2.26. The Morgan fingerprint density at radius 3 is 2.32 bits per heavy atom. The van der Waals surface area contributed by atoms with Crippen LogP contribution in [0.3, 0.4) is 0 Å². The molecule has 4 amide bonds. The molecule has 1 aliphatic heterocycles. The first kappa shape index (κ1) is 30.1. The molecule has 0 aromatic heterocycles. The molecule has 4 rings (SSSR count). The first-order valence-electron chi connectivity index (χ1n) is 11.9. The highest BCUT2D eigenvalue weighted by Gasteiger charge is 2.37. The summed E-state index contributed by atoms with van der Waals surface area (Å²) in [6, 6.07) is 11.5. The van der Waals surface area contributed by atoms with Crippen molar-refractivity contribution in [2.75, 3.05) is 11.5 Å². The quantitative estimate of drug-likeness (QED) is 0.129. The molecule has 3 aromatic rings. The van der Waals surface area contributed by atoms with Crippen molar-refractivity contribution < 1.29 is 31.7 Å². The minimum atomic E-state index is -4.29. The van der Waals surface area contributed by atoms with Crippen molar-refractivity contribution >= 4 is 74.5 Å². The number of hydrogen-bond acceptors (Lipinski definition) is 7. The maximum absolute atomic E-state index is 13.3. The fourth-order valence-electron chi connectivity index (χ4n) is 3.87. The number of hydrogen-bond donors (Lipinski definition) is 1. The van der Waals surface area contributed by atoms with Crippen LogP contribution >= 0.6 is 34.8 Å². The number of nitrogens with zero attached hydrogens (tertiary/aromatic N) is 1. The van der Waals surface area contributed by atoms with Crippen LogP contribution in [0.4, 0.5) is 10.5 Å². The number of nitrogens with one attached hydrogen (secondary N) is 1. The third-order valence-electron chi connectivity index (χ3n) is 5.69. The Labute approximate surface area is 251 Å². The zero-order valence-corrected chi connectivity index (χ0v) is 24.4. The molecule has 9 nitrogen and oxygen atoms in total. The van der Waals surface area contributed by atoms with Gasteiger partial charge in [-0.3, -0.25) is 14.9 Å². The fourth-order valence-corrected chi connectivity index (χ4v) is 5.27. The van der Waals surface area contributed by atoms with Crippen LogP contribution in [0.2, 0.25) is 15.1 Å². The normalized spacial score (nSPS) is 14.7. The molecule has 0 aliphatic carbocycles. The van der Waals surface area contributed by atoms with E-state index in [9.17, 15) is 22.8 Å². The molecule has 3 aromatic carbocycles. The van der Waals surface area contributed by atoms with E-state index in [4.69, 9.17) is 43.7 Å². The van der Waals surface area contributed by atoms with E-state index in [-0.39, 0.29) is 50.7 Å². The van der Waals surface area contributed by atoms with Gasteiger partial charge in [-0.1, -0.05) is 40.9 Å². The van der Waals surface area contributed by atoms with Gasteiger partial charge in [0.2, 0.25) is 0 Å². The second kappa shape index (κ2) is 12.4. The lowest BCUT2D eigenvalue weighted by Crippen LogP contribution is -2.54. The minimum absolute atomic E-state index is 0.0392. The molecule has 0 saturated carbocycles. The molecule has 0 radical (unpaired) electrons. The van der Waals surface area contributed by atoms with Gasteiger partial charge in [0.1, 0.15) is 10.5 Å². The standard InChI is InChI=1S/C28H21Cl3N2O7S/c1-3-5-17-12-16(14-24(39-4-2)25(17)40-41(37,38)20-9-6-18(29)7-10-20)13-21-26(34)32-28(36)33(27(21)35)19-8-11-22(30)23(31)15-19/h3,6-15H,1,4-5H2,2H3,(H,32,34,36)/b21-13+. The first-order valence-corrected chi connectivity index (χ1v) is 14.5.